The van der Waals surface area contributed by atoms with Crippen LogP contribution >= 0.6 is 0 Å². The molecule has 0 aromatic rings. The number of hydrogen-bond acceptors (Lipinski definition) is 2. The summed E-state index contributed by atoms with van der Waals surface area (Å²) >= 11 is 0. The Bertz CT molecular complexity index is 147. The number of alkyl carbamates (subject to hydrolysis) is 1. The van der Waals surface area contributed by atoms with Gasteiger partial charge in [0.05, 0.1) is 6.04 Å². The SMILES string of the molecule is CCCCCC[C@@H]1COC(=O)N1. The average Bonchev–Trinajstić information content (AvgIpc) is 2.45. The highest BCUT2D eigenvalue weighted by molar-refractivity contribution is 5.69. The topological polar surface area (TPSA) is 38.3 Å². The normalized spacial score (nSPS) is 22.1. The quantitative estimate of drug-likeness (QED) is 0.643. The summed E-state index contributed by atoms with van der Waals surface area (Å²) in [7, 11) is 0. The molecule has 0 aliphatic carbocycles. The molecule has 0 bridgehead atoms. The molecule has 1 aliphatic heterocycles. The van der Waals surface area contributed by atoms with Crippen LogP contribution in [0.5, 0.6) is 0 Å². The molecule has 0 aromatic heterocycles. The molecule has 1 aliphatic rings. The maximum atomic E-state index is 10.6. The Morgan fingerprint density at radius 3 is 2.92 bits per heavy atom. The third kappa shape index (κ3) is 3.11. The van der Waals surface area contributed by atoms with E-state index < -0.39 is 0 Å². The highest BCUT2D eigenvalue weighted by Crippen LogP contribution is 2.09. The fraction of sp³-hybridized carbons (Fsp3) is 0.889. The van der Waals surface area contributed by atoms with Crippen molar-refractivity contribution < 1.29 is 9.53 Å². The summed E-state index contributed by atoms with van der Waals surface area (Å²) < 4.78 is 4.77. The highest BCUT2D eigenvalue weighted by atomic mass is 16.6. The van der Waals surface area contributed by atoms with Crippen LogP contribution in [0.25, 0.3) is 0 Å². The molecule has 0 unspecified atom stereocenters. The van der Waals surface area contributed by atoms with Crippen molar-refractivity contribution in [1.29, 1.82) is 0 Å². The van der Waals surface area contributed by atoms with Crippen molar-refractivity contribution in [3.8, 4) is 0 Å². The molecule has 0 saturated carbocycles. The van der Waals surface area contributed by atoms with Crippen molar-refractivity contribution in [2.75, 3.05) is 6.61 Å². The molecule has 0 aromatic carbocycles. The number of amides is 1. The van der Waals surface area contributed by atoms with Gasteiger partial charge in [-0.2, -0.15) is 0 Å². The lowest BCUT2D eigenvalue weighted by Crippen LogP contribution is -2.25. The zero-order valence-electron chi connectivity index (χ0n) is 7.64. The summed E-state index contributed by atoms with van der Waals surface area (Å²) in [4.78, 5) is 10.6. The first-order valence-corrected chi connectivity index (χ1v) is 4.76. The molecule has 0 spiro atoms. The van der Waals surface area contributed by atoms with Crippen LogP contribution < -0.4 is 5.32 Å². The summed E-state index contributed by atoms with van der Waals surface area (Å²) in [5, 5.41) is 2.77. The number of rotatable bonds is 5. The van der Waals surface area contributed by atoms with E-state index in [9.17, 15) is 4.79 Å². The van der Waals surface area contributed by atoms with E-state index in [1.807, 2.05) is 0 Å². The average molecular weight is 171 g/mol. The van der Waals surface area contributed by atoms with Gasteiger partial charge in [-0.15, -0.1) is 0 Å². The van der Waals surface area contributed by atoms with Gasteiger partial charge in [-0.25, -0.2) is 4.79 Å². The summed E-state index contributed by atoms with van der Waals surface area (Å²) in [5.41, 5.74) is 0. The van der Waals surface area contributed by atoms with Gasteiger partial charge in [0, 0.05) is 0 Å². The lowest BCUT2D eigenvalue weighted by molar-refractivity contribution is 0.176. The molecule has 1 amide bonds. The van der Waals surface area contributed by atoms with Gasteiger partial charge in [0.1, 0.15) is 6.61 Å². The third-order valence-electron chi connectivity index (χ3n) is 2.14. The highest BCUT2D eigenvalue weighted by Gasteiger charge is 2.20. The maximum Gasteiger partial charge on any atom is 0.407 e. The Morgan fingerprint density at radius 1 is 1.50 bits per heavy atom. The predicted molar refractivity (Wildman–Crippen MR) is 47.0 cm³/mol. The number of nitrogens with one attached hydrogen (secondary N) is 1. The van der Waals surface area contributed by atoms with Gasteiger partial charge < -0.3 is 10.1 Å². The van der Waals surface area contributed by atoms with Crippen LogP contribution in [-0.4, -0.2) is 18.7 Å². The molecule has 3 heteroatoms. The Balaban J connectivity index is 1.97. The molecule has 1 saturated heterocycles. The van der Waals surface area contributed by atoms with Gasteiger partial charge in [0.25, 0.3) is 0 Å². The molecular formula is C9H17NO2. The molecule has 1 fully saturated rings. The van der Waals surface area contributed by atoms with Crippen LogP contribution in [0.2, 0.25) is 0 Å². The van der Waals surface area contributed by atoms with Crippen LogP contribution in [0.3, 0.4) is 0 Å². The third-order valence-corrected chi connectivity index (χ3v) is 2.14. The van der Waals surface area contributed by atoms with Crippen molar-refractivity contribution in [3.63, 3.8) is 0 Å². The lowest BCUT2D eigenvalue weighted by atomic mass is 10.1. The van der Waals surface area contributed by atoms with Gasteiger partial charge in [-0.1, -0.05) is 32.6 Å². The van der Waals surface area contributed by atoms with Crippen molar-refractivity contribution in [2.45, 2.75) is 45.1 Å². The molecule has 12 heavy (non-hydrogen) atoms. The lowest BCUT2D eigenvalue weighted by Gasteiger charge is -2.05. The Morgan fingerprint density at radius 2 is 2.33 bits per heavy atom. The molecule has 3 nitrogen and oxygen atoms in total. The second-order valence-corrected chi connectivity index (χ2v) is 3.29. The van der Waals surface area contributed by atoms with Gasteiger partial charge in [0.15, 0.2) is 0 Å². The zero-order valence-corrected chi connectivity index (χ0v) is 7.64. The molecule has 1 atom stereocenters. The number of ether oxygens (including phenoxy) is 1. The zero-order chi connectivity index (χ0) is 8.81. The number of unbranched alkanes of at least 4 members (excludes halogenated alkanes) is 3. The summed E-state index contributed by atoms with van der Waals surface area (Å²) in [6.45, 7) is 2.76. The van der Waals surface area contributed by atoms with Gasteiger partial charge in [-0.05, 0) is 6.42 Å². The Labute approximate surface area is 73.5 Å². The van der Waals surface area contributed by atoms with E-state index in [0.29, 0.717) is 6.61 Å². The number of hydrogen-bond donors (Lipinski definition) is 1. The first-order chi connectivity index (χ1) is 5.83. The largest absolute Gasteiger partial charge is 0.447 e. The number of carbonyl (C=O) groups excluding carboxylic acids is 1. The van der Waals surface area contributed by atoms with Crippen LogP contribution in [0.15, 0.2) is 0 Å². The summed E-state index contributed by atoms with van der Waals surface area (Å²) in [6, 6.07) is 0.273. The second kappa shape index (κ2) is 5.01. The number of carbonyl (C=O) groups is 1. The van der Waals surface area contributed by atoms with Crippen molar-refractivity contribution in [1.82, 2.24) is 5.32 Å². The first-order valence-electron chi connectivity index (χ1n) is 4.76. The number of cyclic esters (lactones) is 1. The van der Waals surface area contributed by atoms with E-state index in [1.165, 1.54) is 25.7 Å². The Hall–Kier alpha value is -0.730. The molecule has 0 radical (unpaired) electrons. The van der Waals surface area contributed by atoms with Crippen LogP contribution in [-0.2, 0) is 4.74 Å². The first kappa shape index (κ1) is 9.36. The minimum absolute atomic E-state index is 0.254. The van der Waals surface area contributed by atoms with E-state index in [0.717, 1.165) is 6.42 Å². The Kier molecular flexibility index (Phi) is 3.91. The van der Waals surface area contributed by atoms with E-state index >= 15 is 0 Å². The van der Waals surface area contributed by atoms with Crippen molar-refractivity contribution >= 4 is 6.09 Å². The van der Waals surface area contributed by atoms with Gasteiger partial charge in [0.2, 0.25) is 0 Å². The van der Waals surface area contributed by atoms with E-state index in [4.69, 9.17) is 4.74 Å². The van der Waals surface area contributed by atoms with Crippen molar-refractivity contribution in [2.24, 2.45) is 0 Å². The van der Waals surface area contributed by atoms with Crippen LogP contribution in [0.1, 0.15) is 39.0 Å². The molecule has 1 rings (SSSR count). The molecule has 1 heterocycles. The van der Waals surface area contributed by atoms with Crippen LogP contribution in [0, 0.1) is 0 Å². The fourth-order valence-corrected chi connectivity index (χ4v) is 1.40. The van der Waals surface area contributed by atoms with E-state index in [2.05, 4.69) is 12.2 Å². The molecule has 70 valence electrons. The maximum absolute atomic E-state index is 10.6. The molecular weight excluding hydrogens is 154 g/mol. The van der Waals surface area contributed by atoms with Crippen LogP contribution in [0.4, 0.5) is 4.79 Å². The summed E-state index contributed by atoms with van der Waals surface area (Å²) in [5.74, 6) is 0. The van der Waals surface area contributed by atoms with E-state index in [-0.39, 0.29) is 12.1 Å². The second-order valence-electron chi connectivity index (χ2n) is 3.29. The molecule has 1 N–H and O–H groups in total. The smallest absolute Gasteiger partial charge is 0.407 e. The van der Waals surface area contributed by atoms with Crippen molar-refractivity contribution in [3.05, 3.63) is 0 Å². The minimum atomic E-state index is -0.254. The monoisotopic (exact) mass is 171 g/mol. The predicted octanol–water partition coefficient (Wildman–Crippen LogP) is 2.07. The van der Waals surface area contributed by atoms with E-state index in [1.54, 1.807) is 0 Å². The minimum Gasteiger partial charge on any atom is -0.447 e. The standard InChI is InChI=1S/C9H17NO2/c1-2-3-4-5-6-8-7-12-9(11)10-8/h8H,2-7H2,1H3,(H,10,11)/t8-/m1/s1. The summed E-state index contributed by atoms with van der Waals surface area (Å²) in [6.07, 6.45) is 5.82. The van der Waals surface area contributed by atoms with Gasteiger partial charge in [-0.3, -0.25) is 0 Å². The fourth-order valence-electron chi connectivity index (χ4n) is 1.40. The van der Waals surface area contributed by atoms with Gasteiger partial charge >= 0.3 is 6.09 Å².